The maximum Gasteiger partial charge on any atom is 0.307 e. The van der Waals surface area contributed by atoms with Crippen LogP contribution in [0.1, 0.15) is 11.1 Å². The molecule has 166 valence electrons. The summed E-state index contributed by atoms with van der Waals surface area (Å²) >= 11 is 5.68. The summed E-state index contributed by atoms with van der Waals surface area (Å²) in [4.78, 5) is 27.2. The van der Waals surface area contributed by atoms with Crippen molar-refractivity contribution in [2.45, 2.75) is 6.42 Å². The van der Waals surface area contributed by atoms with E-state index in [1.807, 2.05) is 0 Å². The van der Waals surface area contributed by atoms with Gasteiger partial charge in [-0.2, -0.15) is 0 Å². The number of nitrogens with one attached hydrogen (secondary N) is 1. The predicted octanol–water partition coefficient (Wildman–Crippen LogP) is 5.71. The number of carboxylic acids is 1. The minimum Gasteiger partial charge on any atom is -0.481 e. The van der Waals surface area contributed by atoms with Crippen LogP contribution in [0.15, 0.2) is 65.1 Å². The lowest BCUT2D eigenvalue weighted by Gasteiger charge is -2.04. The van der Waals surface area contributed by atoms with Gasteiger partial charge < -0.3 is 14.8 Å². The van der Waals surface area contributed by atoms with Crippen molar-refractivity contribution >= 4 is 46.3 Å². The normalized spacial score (nSPS) is 11.2. The summed E-state index contributed by atoms with van der Waals surface area (Å²) in [7, 11) is 0. The average Bonchev–Trinajstić information content (AvgIpc) is 3.18. The van der Waals surface area contributed by atoms with Crippen molar-refractivity contribution in [2.24, 2.45) is 0 Å². The summed E-state index contributed by atoms with van der Waals surface area (Å²) in [5, 5.41) is 11.2. The van der Waals surface area contributed by atoms with Gasteiger partial charge in [-0.05, 0) is 53.6 Å². The van der Waals surface area contributed by atoms with Crippen LogP contribution >= 0.6 is 11.6 Å². The summed E-state index contributed by atoms with van der Waals surface area (Å²) in [5.74, 6) is -2.92. The molecule has 0 saturated carbocycles. The number of carbonyl (C=O) groups excluding carboxylic acids is 1. The van der Waals surface area contributed by atoms with Gasteiger partial charge in [-0.3, -0.25) is 9.59 Å². The molecule has 0 aliphatic rings. The number of carbonyl (C=O) groups is 2. The number of aromatic nitrogens is 1. The van der Waals surface area contributed by atoms with Crippen LogP contribution in [0.4, 0.5) is 14.5 Å². The van der Waals surface area contributed by atoms with E-state index in [-0.39, 0.29) is 28.6 Å². The molecular formula is C24H15ClF2N2O4. The van der Waals surface area contributed by atoms with E-state index in [9.17, 15) is 18.4 Å². The topological polar surface area (TPSA) is 92.4 Å². The number of hydrogen-bond donors (Lipinski definition) is 2. The van der Waals surface area contributed by atoms with Gasteiger partial charge in [-0.25, -0.2) is 13.8 Å². The summed E-state index contributed by atoms with van der Waals surface area (Å²) in [6.45, 7) is 0. The van der Waals surface area contributed by atoms with Crippen molar-refractivity contribution < 1.29 is 27.9 Å². The van der Waals surface area contributed by atoms with Gasteiger partial charge in [0.1, 0.15) is 11.3 Å². The van der Waals surface area contributed by atoms with E-state index in [2.05, 4.69) is 10.3 Å². The Morgan fingerprint density at radius 1 is 1.12 bits per heavy atom. The second kappa shape index (κ2) is 9.22. The van der Waals surface area contributed by atoms with Gasteiger partial charge in [-0.1, -0.05) is 29.8 Å². The largest absolute Gasteiger partial charge is 0.481 e. The predicted molar refractivity (Wildman–Crippen MR) is 120 cm³/mol. The van der Waals surface area contributed by atoms with E-state index in [0.29, 0.717) is 22.2 Å². The third-order valence-corrected chi connectivity index (χ3v) is 4.96. The van der Waals surface area contributed by atoms with Gasteiger partial charge >= 0.3 is 5.97 Å². The van der Waals surface area contributed by atoms with Gasteiger partial charge in [0, 0.05) is 6.08 Å². The molecule has 1 heterocycles. The molecule has 1 amide bonds. The molecule has 33 heavy (non-hydrogen) atoms. The molecule has 4 rings (SSSR count). The first-order valence-electron chi connectivity index (χ1n) is 9.64. The zero-order valence-corrected chi connectivity index (χ0v) is 17.6. The molecule has 3 aromatic carbocycles. The van der Waals surface area contributed by atoms with Gasteiger partial charge in [-0.15, -0.1) is 0 Å². The Bertz CT molecular complexity index is 1420. The van der Waals surface area contributed by atoms with Crippen LogP contribution in [0.2, 0.25) is 5.02 Å². The fourth-order valence-electron chi connectivity index (χ4n) is 3.13. The highest BCUT2D eigenvalue weighted by Crippen LogP contribution is 2.28. The third-order valence-electron chi connectivity index (χ3n) is 4.67. The average molecular weight is 469 g/mol. The molecule has 0 fully saturated rings. The molecule has 0 aliphatic carbocycles. The molecular weight excluding hydrogens is 454 g/mol. The molecule has 0 aliphatic heterocycles. The van der Waals surface area contributed by atoms with Crippen LogP contribution in [0.25, 0.3) is 28.6 Å². The highest BCUT2D eigenvalue weighted by atomic mass is 35.5. The maximum atomic E-state index is 14.7. The second-order valence-corrected chi connectivity index (χ2v) is 7.46. The summed E-state index contributed by atoms with van der Waals surface area (Å²) in [6, 6.07) is 13.2. The smallest absolute Gasteiger partial charge is 0.307 e. The van der Waals surface area contributed by atoms with Crippen molar-refractivity contribution in [3.63, 3.8) is 0 Å². The van der Waals surface area contributed by atoms with Gasteiger partial charge in [0.15, 0.2) is 11.4 Å². The van der Waals surface area contributed by atoms with Crippen molar-refractivity contribution in [3.05, 3.63) is 88.5 Å². The molecule has 0 spiro atoms. The quantitative estimate of drug-likeness (QED) is 0.354. The number of carboxylic acid groups (broad SMARTS) is 1. The van der Waals surface area contributed by atoms with Crippen LogP contribution in [0, 0.1) is 11.6 Å². The Labute approximate surface area is 191 Å². The molecule has 0 unspecified atom stereocenters. The van der Waals surface area contributed by atoms with E-state index >= 15 is 0 Å². The number of rotatable bonds is 6. The zero-order chi connectivity index (χ0) is 23.5. The lowest BCUT2D eigenvalue weighted by atomic mass is 10.1. The van der Waals surface area contributed by atoms with Gasteiger partial charge in [0.25, 0.3) is 0 Å². The first-order chi connectivity index (χ1) is 15.8. The fourth-order valence-corrected chi connectivity index (χ4v) is 3.30. The highest BCUT2D eigenvalue weighted by molar-refractivity contribution is 6.31. The Kier molecular flexibility index (Phi) is 6.19. The van der Waals surface area contributed by atoms with Gasteiger partial charge in [0.05, 0.1) is 22.7 Å². The first-order valence-corrected chi connectivity index (χ1v) is 10.0. The van der Waals surface area contributed by atoms with Crippen LogP contribution in [-0.2, 0) is 16.0 Å². The first kappa shape index (κ1) is 22.2. The second-order valence-electron chi connectivity index (χ2n) is 7.05. The summed E-state index contributed by atoms with van der Waals surface area (Å²) in [6.07, 6.45) is 2.35. The monoisotopic (exact) mass is 468 g/mol. The van der Waals surface area contributed by atoms with E-state index in [1.165, 1.54) is 36.4 Å². The lowest BCUT2D eigenvalue weighted by Crippen LogP contribution is -2.09. The number of benzene rings is 3. The molecule has 0 atom stereocenters. The highest BCUT2D eigenvalue weighted by Gasteiger charge is 2.14. The number of fused-ring (bicyclic) bond motifs is 1. The summed E-state index contributed by atoms with van der Waals surface area (Å²) in [5.41, 5.74) is 1.78. The van der Waals surface area contributed by atoms with Gasteiger partial charge in [0.2, 0.25) is 11.8 Å². The summed E-state index contributed by atoms with van der Waals surface area (Å²) < 4.78 is 34.2. The molecule has 6 nitrogen and oxygen atoms in total. The Morgan fingerprint density at radius 3 is 2.70 bits per heavy atom. The lowest BCUT2D eigenvalue weighted by molar-refractivity contribution is -0.136. The number of hydrogen-bond acceptors (Lipinski definition) is 4. The van der Waals surface area contributed by atoms with E-state index in [4.69, 9.17) is 21.1 Å². The molecule has 9 heteroatoms. The van der Waals surface area contributed by atoms with E-state index in [0.717, 1.165) is 6.08 Å². The minimum atomic E-state index is -0.973. The van der Waals surface area contributed by atoms with E-state index < -0.39 is 23.5 Å². The van der Waals surface area contributed by atoms with Crippen molar-refractivity contribution in [1.29, 1.82) is 0 Å². The number of aliphatic carboxylic acids is 1. The number of oxazole rings is 1. The number of amides is 1. The zero-order valence-electron chi connectivity index (χ0n) is 16.8. The Balaban J connectivity index is 1.51. The fraction of sp³-hybridized carbons (Fsp3) is 0.0417. The van der Waals surface area contributed by atoms with Crippen molar-refractivity contribution in [2.75, 3.05) is 5.32 Å². The van der Waals surface area contributed by atoms with Crippen LogP contribution in [-0.4, -0.2) is 22.0 Å². The SMILES string of the molecule is O=C(O)Cc1ccc2oc(-c3ccc(C=CC(=O)Nc4cccc(Cl)c4F)cc3F)nc2c1. The standard InChI is InChI=1S/C24H15ClF2N2O4/c25-16-2-1-3-18(23(16)27)28-21(30)9-6-13-4-7-15(17(26)10-13)24-29-19-11-14(12-22(31)32)5-8-20(19)33-24/h1-11H,12H2,(H,28,30)(H,31,32). The van der Waals surface area contributed by atoms with Crippen LogP contribution in [0.3, 0.4) is 0 Å². The molecule has 1 aromatic heterocycles. The third kappa shape index (κ3) is 5.07. The Hall–Kier alpha value is -4.04. The van der Waals surface area contributed by atoms with Crippen molar-refractivity contribution in [3.8, 4) is 11.5 Å². The molecule has 0 radical (unpaired) electrons. The Morgan fingerprint density at radius 2 is 1.94 bits per heavy atom. The van der Waals surface area contributed by atoms with E-state index in [1.54, 1.807) is 24.3 Å². The number of nitrogens with zero attached hydrogens (tertiary/aromatic N) is 1. The maximum absolute atomic E-state index is 14.7. The number of anilines is 1. The molecule has 0 saturated heterocycles. The van der Waals surface area contributed by atoms with Crippen LogP contribution in [0.5, 0.6) is 0 Å². The van der Waals surface area contributed by atoms with Crippen LogP contribution < -0.4 is 5.32 Å². The molecule has 4 aromatic rings. The minimum absolute atomic E-state index is 0.0414. The molecule has 2 N–H and O–H groups in total. The number of halogens is 3. The van der Waals surface area contributed by atoms with Crippen molar-refractivity contribution in [1.82, 2.24) is 4.98 Å². The molecule has 0 bridgehead atoms.